The van der Waals surface area contributed by atoms with Gasteiger partial charge in [0.1, 0.15) is 0 Å². The van der Waals surface area contributed by atoms with Gasteiger partial charge in [0.25, 0.3) is 5.91 Å². The van der Waals surface area contributed by atoms with Crippen molar-refractivity contribution in [3.05, 3.63) is 35.9 Å². The number of aromatic nitrogens is 5. The monoisotopic (exact) mass is 326 g/mol. The Balaban J connectivity index is 1.99. The fraction of sp³-hybridized carbons (Fsp3) is 0.412. The summed E-state index contributed by atoms with van der Waals surface area (Å²) in [6, 6.07) is 2.03. The third kappa shape index (κ3) is 2.89. The van der Waals surface area contributed by atoms with Gasteiger partial charge in [-0.25, -0.2) is 9.67 Å². The fourth-order valence-corrected chi connectivity index (χ4v) is 2.63. The van der Waals surface area contributed by atoms with Crippen LogP contribution in [0.15, 0.2) is 24.7 Å². The number of hydrogen-bond acceptors (Lipinski definition) is 4. The second-order valence-electron chi connectivity index (χ2n) is 5.93. The molecule has 0 fully saturated rings. The molecular weight excluding hydrogens is 304 g/mol. The smallest absolute Gasteiger partial charge is 0.256 e. The molecule has 0 unspecified atom stereocenters. The zero-order chi connectivity index (χ0) is 17.3. The van der Waals surface area contributed by atoms with Crippen LogP contribution >= 0.6 is 0 Å². The Morgan fingerprint density at radius 1 is 1.29 bits per heavy atom. The van der Waals surface area contributed by atoms with Crippen molar-refractivity contribution < 1.29 is 4.79 Å². The normalized spacial score (nSPS) is 12.5. The Bertz CT molecular complexity index is 878. The van der Waals surface area contributed by atoms with Gasteiger partial charge in [0.15, 0.2) is 5.65 Å². The van der Waals surface area contributed by atoms with Gasteiger partial charge < -0.3 is 5.32 Å². The standard InChI is InChI=1S/C17H22N6O/c1-5-12(4)23-16-15(9-19-23)14(7-11(3)20-16)17(24)21-13-8-18-22(6-2)10-13/h7-10,12H,5-6H2,1-4H3,(H,21,24)/t12-/m1/s1. The molecule has 0 aliphatic heterocycles. The summed E-state index contributed by atoms with van der Waals surface area (Å²) in [5, 5.41) is 12.3. The average molecular weight is 326 g/mol. The number of aryl methyl sites for hydroxylation is 2. The van der Waals surface area contributed by atoms with E-state index in [0.717, 1.165) is 29.7 Å². The largest absolute Gasteiger partial charge is 0.319 e. The van der Waals surface area contributed by atoms with Crippen LogP contribution in [0.3, 0.4) is 0 Å². The van der Waals surface area contributed by atoms with E-state index in [2.05, 4.69) is 34.3 Å². The van der Waals surface area contributed by atoms with Gasteiger partial charge >= 0.3 is 0 Å². The van der Waals surface area contributed by atoms with Crippen LogP contribution in [0.25, 0.3) is 11.0 Å². The van der Waals surface area contributed by atoms with Gasteiger partial charge in [-0.05, 0) is 33.3 Å². The van der Waals surface area contributed by atoms with Crippen LogP contribution in [0.4, 0.5) is 5.69 Å². The van der Waals surface area contributed by atoms with Crippen molar-refractivity contribution in [1.29, 1.82) is 0 Å². The van der Waals surface area contributed by atoms with Crippen molar-refractivity contribution >= 4 is 22.6 Å². The first-order valence-corrected chi connectivity index (χ1v) is 8.22. The maximum Gasteiger partial charge on any atom is 0.256 e. The summed E-state index contributed by atoms with van der Waals surface area (Å²) in [6.07, 6.45) is 6.13. The molecule has 0 aliphatic rings. The predicted octanol–water partition coefficient (Wildman–Crippen LogP) is 3.18. The number of carbonyl (C=O) groups excluding carboxylic acids is 1. The van der Waals surface area contributed by atoms with Crippen LogP contribution < -0.4 is 5.32 Å². The lowest BCUT2D eigenvalue weighted by Crippen LogP contribution is -2.13. The van der Waals surface area contributed by atoms with E-state index in [1.54, 1.807) is 23.1 Å². The average Bonchev–Trinajstić information content (AvgIpc) is 3.19. The Kier molecular flexibility index (Phi) is 4.33. The Morgan fingerprint density at radius 2 is 2.08 bits per heavy atom. The van der Waals surface area contributed by atoms with E-state index < -0.39 is 0 Å². The van der Waals surface area contributed by atoms with Crippen molar-refractivity contribution in [3.63, 3.8) is 0 Å². The van der Waals surface area contributed by atoms with E-state index in [4.69, 9.17) is 0 Å². The summed E-state index contributed by atoms with van der Waals surface area (Å²) in [7, 11) is 0. The molecule has 0 aliphatic carbocycles. The zero-order valence-corrected chi connectivity index (χ0v) is 14.4. The van der Waals surface area contributed by atoms with Crippen molar-refractivity contribution in [2.45, 2.75) is 46.7 Å². The molecule has 1 atom stereocenters. The highest BCUT2D eigenvalue weighted by Crippen LogP contribution is 2.23. The van der Waals surface area contributed by atoms with Gasteiger partial charge in [-0.3, -0.25) is 9.48 Å². The molecular formula is C17H22N6O. The molecule has 0 bridgehead atoms. The maximum atomic E-state index is 12.7. The molecule has 3 aromatic rings. The Morgan fingerprint density at radius 3 is 2.75 bits per heavy atom. The minimum absolute atomic E-state index is 0.176. The number of nitrogens with one attached hydrogen (secondary N) is 1. The molecule has 1 amide bonds. The molecule has 7 heteroatoms. The molecule has 0 saturated carbocycles. The van der Waals surface area contributed by atoms with Crippen LogP contribution in [0.5, 0.6) is 0 Å². The third-order valence-electron chi connectivity index (χ3n) is 4.16. The molecule has 24 heavy (non-hydrogen) atoms. The van der Waals surface area contributed by atoms with E-state index in [9.17, 15) is 4.79 Å². The molecule has 0 radical (unpaired) electrons. The highest BCUT2D eigenvalue weighted by molar-refractivity contribution is 6.11. The summed E-state index contributed by atoms with van der Waals surface area (Å²) in [6.45, 7) is 8.84. The van der Waals surface area contributed by atoms with Crippen LogP contribution in [-0.2, 0) is 6.54 Å². The lowest BCUT2D eigenvalue weighted by atomic mass is 10.1. The van der Waals surface area contributed by atoms with Crippen LogP contribution in [0.1, 0.15) is 49.3 Å². The number of rotatable bonds is 5. The highest BCUT2D eigenvalue weighted by atomic mass is 16.1. The van der Waals surface area contributed by atoms with E-state index in [1.165, 1.54) is 0 Å². The summed E-state index contributed by atoms with van der Waals surface area (Å²) in [5.41, 5.74) is 2.80. The lowest BCUT2D eigenvalue weighted by molar-refractivity contribution is 0.102. The number of carbonyl (C=O) groups is 1. The first-order chi connectivity index (χ1) is 11.5. The van der Waals surface area contributed by atoms with Gasteiger partial charge in [-0.2, -0.15) is 10.2 Å². The first-order valence-electron chi connectivity index (χ1n) is 8.22. The van der Waals surface area contributed by atoms with E-state index >= 15 is 0 Å². The SMILES string of the molecule is CC[C@@H](C)n1ncc2c(C(=O)Nc3cnn(CC)c3)cc(C)nc21. The minimum atomic E-state index is -0.176. The quantitative estimate of drug-likeness (QED) is 0.781. The highest BCUT2D eigenvalue weighted by Gasteiger charge is 2.18. The van der Waals surface area contributed by atoms with Crippen molar-refractivity contribution in [3.8, 4) is 0 Å². The molecule has 0 spiro atoms. The number of fused-ring (bicyclic) bond motifs is 1. The number of pyridine rings is 1. The summed E-state index contributed by atoms with van der Waals surface area (Å²) < 4.78 is 3.65. The Hall–Kier alpha value is -2.70. The molecule has 0 saturated heterocycles. The summed E-state index contributed by atoms with van der Waals surface area (Å²) in [4.78, 5) is 17.3. The topological polar surface area (TPSA) is 77.6 Å². The van der Waals surface area contributed by atoms with Gasteiger partial charge in [0.05, 0.1) is 35.1 Å². The third-order valence-corrected chi connectivity index (χ3v) is 4.16. The van der Waals surface area contributed by atoms with Gasteiger partial charge in [0, 0.05) is 18.4 Å². The van der Waals surface area contributed by atoms with E-state index in [-0.39, 0.29) is 11.9 Å². The van der Waals surface area contributed by atoms with Gasteiger partial charge in [-0.15, -0.1) is 0 Å². The molecule has 3 heterocycles. The number of hydrogen-bond donors (Lipinski definition) is 1. The molecule has 0 aromatic carbocycles. The molecule has 3 rings (SSSR count). The van der Waals surface area contributed by atoms with Crippen molar-refractivity contribution in [1.82, 2.24) is 24.5 Å². The number of anilines is 1. The zero-order valence-electron chi connectivity index (χ0n) is 14.4. The lowest BCUT2D eigenvalue weighted by Gasteiger charge is -2.11. The second kappa shape index (κ2) is 6.43. The van der Waals surface area contributed by atoms with Crippen LogP contribution in [0, 0.1) is 6.92 Å². The van der Waals surface area contributed by atoms with Crippen molar-refractivity contribution in [2.24, 2.45) is 0 Å². The minimum Gasteiger partial charge on any atom is -0.319 e. The molecule has 126 valence electrons. The summed E-state index contributed by atoms with van der Waals surface area (Å²) >= 11 is 0. The number of amides is 1. The fourth-order valence-electron chi connectivity index (χ4n) is 2.63. The van der Waals surface area contributed by atoms with Crippen LogP contribution in [-0.4, -0.2) is 30.5 Å². The maximum absolute atomic E-state index is 12.7. The molecule has 3 aromatic heterocycles. The van der Waals surface area contributed by atoms with Crippen LogP contribution in [0.2, 0.25) is 0 Å². The van der Waals surface area contributed by atoms with Gasteiger partial charge in [-0.1, -0.05) is 6.92 Å². The molecule has 7 nitrogen and oxygen atoms in total. The van der Waals surface area contributed by atoms with E-state index in [1.807, 2.05) is 24.7 Å². The Labute approximate surface area is 140 Å². The van der Waals surface area contributed by atoms with Crippen molar-refractivity contribution in [2.75, 3.05) is 5.32 Å². The van der Waals surface area contributed by atoms with Gasteiger partial charge in [0.2, 0.25) is 0 Å². The predicted molar refractivity (Wildman–Crippen MR) is 93.1 cm³/mol. The van der Waals surface area contributed by atoms with E-state index in [0.29, 0.717) is 11.3 Å². The second-order valence-corrected chi connectivity index (χ2v) is 5.93. The first kappa shape index (κ1) is 16.2. The number of nitrogens with zero attached hydrogens (tertiary/aromatic N) is 5. The molecule has 1 N–H and O–H groups in total. The summed E-state index contributed by atoms with van der Waals surface area (Å²) in [5.74, 6) is -0.176.